The zero-order chi connectivity index (χ0) is 36.3. The number of guanidine groups is 1. The zero-order valence-electron chi connectivity index (χ0n) is 29.9. The highest BCUT2D eigenvalue weighted by molar-refractivity contribution is 6.09. The lowest BCUT2D eigenvalue weighted by Gasteiger charge is -2.20. The van der Waals surface area contributed by atoms with Crippen LogP contribution in [0.15, 0.2) is 114 Å². The molecule has 0 saturated heterocycles. The highest BCUT2D eigenvalue weighted by Gasteiger charge is 2.23. The number of rotatable bonds is 17. The lowest BCUT2D eigenvalue weighted by molar-refractivity contribution is -0.124. The molecule has 5 N–H and O–H groups in total. The van der Waals surface area contributed by atoms with Gasteiger partial charge in [0, 0.05) is 24.2 Å². The third-order valence-corrected chi connectivity index (χ3v) is 9.03. The van der Waals surface area contributed by atoms with Crippen LogP contribution < -0.4 is 26.3 Å². The number of amides is 1. The van der Waals surface area contributed by atoms with Crippen molar-refractivity contribution < 1.29 is 14.3 Å². The summed E-state index contributed by atoms with van der Waals surface area (Å²) in [5, 5.41) is 16.2. The zero-order valence-corrected chi connectivity index (χ0v) is 29.9. The van der Waals surface area contributed by atoms with Gasteiger partial charge in [-0.2, -0.15) is 0 Å². The van der Waals surface area contributed by atoms with Gasteiger partial charge in [-0.25, -0.2) is 4.68 Å². The third-order valence-electron chi connectivity index (χ3n) is 9.03. The van der Waals surface area contributed by atoms with Gasteiger partial charge in [0.1, 0.15) is 29.8 Å². The van der Waals surface area contributed by atoms with Gasteiger partial charge in [0.2, 0.25) is 5.91 Å². The minimum atomic E-state index is -0.594. The fraction of sp³-hybridized carbons (Fsp3) is 0.286. The van der Waals surface area contributed by atoms with Gasteiger partial charge in [-0.15, -0.1) is 5.10 Å². The molecule has 0 aliphatic rings. The first-order valence-electron chi connectivity index (χ1n) is 17.9. The Bertz CT molecular complexity index is 2120. The van der Waals surface area contributed by atoms with Gasteiger partial charge in [0.15, 0.2) is 5.96 Å². The van der Waals surface area contributed by atoms with Crippen LogP contribution in [0, 0.1) is 5.92 Å². The van der Waals surface area contributed by atoms with Crippen LogP contribution in [0.4, 0.5) is 0 Å². The van der Waals surface area contributed by atoms with Crippen LogP contribution in [0.1, 0.15) is 50.4 Å². The standard InChI is InChI=1S/C42H47N7O3/c1-29(2)23-26-51-37-20-18-31-13-6-8-15-34(31)39(37)40-35-16-9-7-14-32(35)19-21-38(40)52-28-33-27-49(48-47-33)36(17-10-24-46-42(43)44)41(50)45-25-22-30-11-4-3-5-12-30/h3-9,11-16,18-21,27,29,36H,10,17,22-26,28H2,1-2H3,(H,45,50)(H4,43,44,46)/t36-/m1/s1. The fourth-order valence-corrected chi connectivity index (χ4v) is 6.32. The largest absolute Gasteiger partial charge is 0.493 e. The molecule has 0 spiro atoms. The monoisotopic (exact) mass is 697 g/mol. The van der Waals surface area contributed by atoms with E-state index in [1.807, 2.05) is 54.6 Å². The van der Waals surface area contributed by atoms with Gasteiger partial charge in [0.05, 0.1) is 12.8 Å². The number of benzene rings is 5. The Labute approximate surface area is 304 Å². The maximum Gasteiger partial charge on any atom is 0.244 e. The Morgan fingerprint density at radius 2 is 1.44 bits per heavy atom. The van der Waals surface area contributed by atoms with E-state index in [4.69, 9.17) is 20.9 Å². The van der Waals surface area contributed by atoms with E-state index in [0.717, 1.165) is 56.8 Å². The van der Waals surface area contributed by atoms with E-state index in [-0.39, 0.29) is 18.5 Å². The van der Waals surface area contributed by atoms with E-state index in [2.05, 4.69) is 83.0 Å². The number of aliphatic imine (C=N–C) groups is 1. The summed E-state index contributed by atoms with van der Waals surface area (Å²) in [5.41, 5.74) is 14.8. The van der Waals surface area contributed by atoms with Crippen molar-refractivity contribution in [2.45, 2.75) is 52.2 Å². The highest BCUT2D eigenvalue weighted by atomic mass is 16.5. The third kappa shape index (κ3) is 9.06. The Kier molecular flexibility index (Phi) is 12.0. The minimum Gasteiger partial charge on any atom is -0.493 e. The van der Waals surface area contributed by atoms with Crippen molar-refractivity contribution in [1.29, 1.82) is 0 Å². The van der Waals surface area contributed by atoms with E-state index in [1.54, 1.807) is 10.9 Å². The van der Waals surface area contributed by atoms with Crippen LogP contribution >= 0.6 is 0 Å². The lowest BCUT2D eigenvalue weighted by atomic mass is 9.92. The van der Waals surface area contributed by atoms with Crippen molar-refractivity contribution in [3.63, 3.8) is 0 Å². The van der Waals surface area contributed by atoms with Crippen molar-refractivity contribution in [3.8, 4) is 22.6 Å². The topological polar surface area (TPSA) is 143 Å². The second kappa shape index (κ2) is 17.4. The van der Waals surface area contributed by atoms with E-state index >= 15 is 0 Å². The summed E-state index contributed by atoms with van der Waals surface area (Å²) in [6, 6.07) is 34.4. The van der Waals surface area contributed by atoms with Gasteiger partial charge < -0.3 is 26.3 Å². The van der Waals surface area contributed by atoms with Crippen LogP contribution in [0.5, 0.6) is 11.5 Å². The molecule has 10 heteroatoms. The molecule has 6 rings (SSSR count). The number of hydrogen-bond acceptors (Lipinski definition) is 6. The van der Waals surface area contributed by atoms with Gasteiger partial charge in [-0.05, 0) is 70.8 Å². The molecule has 0 bridgehead atoms. The van der Waals surface area contributed by atoms with E-state index in [1.165, 1.54) is 0 Å². The number of aromatic nitrogens is 3. The van der Waals surface area contributed by atoms with Crippen molar-refractivity contribution in [1.82, 2.24) is 20.3 Å². The molecular weight excluding hydrogens is 651 g/mol. The molecule has 1 aromatic heterocycles. The number of nitrogens with two attached hydrogens (primary N) is 2. The highest BCUT2D eigenvalue weighted by Crippen LogP contribution is 2.45. The molecule has 1 heterocycles. The molecule has 0 radical (unpaired) electrons. The number of nitrogens with zero attached hydrogens (tertiary/aromatic N) is 4. The second-order valence-electron chi connectivity index (χ2n) is 13.3. The summed E-state index contributed by atoms with van der Waals surface area (Å²) < 4.78 is 14.7. The van der Waals surface area contributed by atoms with Gasteiger partial charge in [-0.1, -0.05) is 110 Å². The quantitative estimate of drug-likeness (QED) is 0.0519. The summed E-state index contributed by atoms with van der Waals surface area (Å²) >= 11 is 0. The molecule has 6 aromatic rings. The Hall–Kier alpha value is -5.90. The maximum absolute atomic E-state index is 13.5. The van der Waals surface area contributed by atoms with Gasteiger partial charge in [0.25, 0.3) is 0 Å². The molecule has 5 aromatic carbocycles. The molecule has 268 valence electrons. The normalized spacial score (nSPS) is 11.8. The average molecular weight is 698 g/mol. The SMILES string of the molecule is CC(C)CCOc1ccc2ccccc2c1-c1c(OCc2cn([C@H](CCCN=C(N)N)C(=O)NCCc3ccccc3)nn2)ccc2ccccc12. The van der Waals surface area contributed by atoms with E-state index in [9.17, 15) is 4.79 Å². The second-order valence-corrected chi connectivity index (χ2v) is 13.3. The van der Waals surface area contributed by atoms with Gasteiger partial charge >= 0.3 is 0 Å². The smallest absolute Gasteiger partial charge is 0.244 e. The van der Waals surface area contributed by atoms with Crippen LogP contribution in [-0.2, 0) is 17.8 Å². The Balaban J connectivity index is 1.27. The molecule has 0 aliphatic carbocycles. The number of hydrogen-bond donors (Lipinski definition) is 3. The summed E-state index contributed by atoms with van der Waals surface area (Å²) in [4.78, 5) is 17.6. The van der Waals surface area contributed by atoms with E-state index in [0.29, 0.717) is 49.9 Å². The fourth-order valence-electron chi connectivity index (χ4n) is 6.32. The van der Waals surface area contributed by atoms with Crippen molar-refractivity contribution in [2.75, 3.05) is 19.7 Å². The first-order chi connectivity index (χ1) is 25.4. The van der Waals surface area contributed by atoms with Crippen molar-refractivity contribution in [3.05, 3.63) is 121 Å². The molecular formula is C42H47N7O3. The van der Waals surface area contributed by atoms with E-state index < -0.39 is 6.04 Å². The molecule has 0 aliphatic heterocycles. The van der Waals surface area contributed by atoms with Crippen LogP contribution in [0.3, 0.4) is 0 Å². The van der Waals surface area contributed by atoms with Crippen molar-refractivity contribution in [2.24, 2.45) is 22.4 Å². The summed E-state index contributed by atoms with van der Waals surface area (Å²) in [6.07, 6.45) is 4.52. The Morgan fingerprint density at radius 1 is 0.808 bits per heavy atom. The molecule has 10 nitrogen and oxygen atoms in total. The number of nitrogens with one attached hydrogen (secondary N) is 1. The first kappa shape index (κ1) is 35.9. The summed E-state index contributed by atoms with van der Waals surface area (Å²) in [6.45, 7) is 6.06. The minimum absolute atomic E-state index is 0.0230. The predicted molar refractivity (Wildman–Crippen MR) is 208 cm³/mol. The summed E-state index contributed by atoms with van der Waals surface area (Å²) in [7, 11) is 0. The molecule has 0 saturated carbocycles. The number of carbonyl (C=O) groups excluding carboxylic acids is 1. The molecule has 1 atom stereocenters. The van der Waals surface area contributed by atoms with Crippen LogP contribution in [0.2, 0.25) is 0 Å². The molecule has 0 fully saturated rings. The first-order valence-corrected chi connectivity index (χ1v) is 17.9. The van der Waals surface area contributed by atoms with Gasteiger partial charge in [-0.3, -0.25) is 9.79 Å². The number of carbonyl (C=O) groups is 1. The maximum atomic E-state index is 13.5. The number of fused-ring (bicyclic) bond motifs is 2. The molecule has 1 amide bonds. The van der Waals surface area contributed by atoms with Crippen LogP contribution in [0.25, 0.3) is 32.7 Å². The molecule has 0 unspecified atom stereocenters. The lowest BCUT2D eigenvalue weighted by Crippen LogP contribution is -2.34. The summed E-state index contributed by atoms with van der Waals surface area (Å²) in [5.74, 6) is 1.91. The Morgan fingerprint density at radius 3 is 2.10 bits per heavy atom. The average Bonchev–Trinajstić information content (AvgIpc) is 3.62. The number of ether oxygens (including phenoxy) is 2. The molecule has 52 heavy (non-hydrogen) atoms. The van der Waals surface area contributed by atoms with Crippen molar-refractivity contribution >= 4 is 33.4 Å². The predicted octanol–water partition coefficient (Wildman–Crippen LogP) is 7.21. The van der Waals surface area contributed by atoms with Crippen LogP contribution in [-0.4, -0.2) is 46.6 Å².